The number of H-pyrrole nitrogens is 1. The quantitative estimate of drug-likeness (QED) is 0.379. The normalized spacial score (nSPS) is 16.9. The highest BCUT2D eigenvalue weighted by atomic mass is 16.2. The van der Waals surface area contributed by atoms with E-state index >= 15 is 0 Å². The van der Waals surface area contributed by atoms with E-state index in [2.05, 4.69) is 45.2 Å². The Morgan fingerprint density at radius 2 is 1.73 bits per heavy atom. The van der Waals surface area contributed by atoms with Crippen LogP contribution in [0.2, 0.25) is 0 Å². The minimum atomic E-state index is -0.710. The average molecular weight is 502 g/mol. The van der Waals surface area contributed by atoms with E-state index in [1.54, 1.807) is 7.05 Å². The lowest BCUT2D eigenvalue weighted by Gasteiger charge is -2.41. The Hall–Kier alpha value is -3.65. The van der Waals surface area contributed by atoms with E-state index in [-0.39, 0.29) is 36.2 Å². The van der Waals surface area contributed by atoms with Gasteiger partial charge in [-0.05, 0) is 60.9 Å². The molecule has 1 aliphatic carbocycles. The first kappa shape index (κ1) is 25.0. The van der Waals surface area contributed by atoms with Crippen LogP contribution in [0.5, 0.6) is 0 Å². The molecule has 1 spiro atoms. The number of piperidine rings is 1. The molecule has 0 radical (unpaired) electrons. The molecule has 194 valence electrons. The smallest absolute Gasteiger partial charge is 0.245 e. The predicted octanol–water partition coefficient (Wildman–Crippen LogP) is 2.04. The molecule has 2 heterocycles. The maximum atomic E-state index is 13.8. The standard InChI is InChI=1S/C29H35N5O3/c1-30-18-26(35)32-19-27(36)33-25(16-21-17-31-24-9-5-3-7-22(21)24)28(37)34-14-12-29(13-15-34)11-10-20-6-2-4-8-23(20)29/h2-9,17,25,30-31H,10-16,18-19H2,1H3,(H,32,35)(H,33,36)/t25-/m1/s1. The minimum absolute atomic E-state index is 0.0682. The summed E-state index contributed by atoms with van der Waals surface area (Å²) in [6.45, 7) is 1.31. The Bertz CT molecular complexity index is 1290. The highest BCUT2D eigenvalue weighted by Crippen LogP contribution is 2.46. The number of aromatic nitrogens is 1. The minimum Gasteiger partial charge on any atom is -0.361 e. The number of aryl methyl sites for hydroxylation is 1. The van der Waals surface area contributed by atoms with Gasteiger partial charge in [-0.2, -0.15) is 0 Å². The number of benzene rings is 2. The van der Waals surface area contributed by atoms with Crippen molar-refractivity contribution in [2.24, 2.45) is 0 Å². The van der Waals surface area contributed by atoms with Gasteiger partial charge in [-0.25, -0.2) is 0 Å². The molecule has 8 nitrogen and oxygen atoms in total. The van der Waals surface area contributed by atoms with Crippen molar-refractivity contribution in [2.75, 3.05) is 33.2 Å². The molecule has 1 aromatic heterocycles. The molecule has 1 fully saturated rings. The SMILES string of the molecule is CNCC(=O)NCC(=O)N[C@H](Cc1c[nH]c2ccccc12)C(=O)N1CCC2(CCc3ccccc32)CC1. The van der Waals surface area contributed by atoms with Gasteiger partial charge >= 0.3 is 0 Å². The van der Waals surface area contributed by atoms with Crippen LogP contribution in [0.25, 0.3) is 10.9 Å². The molecular formula is C29H35N5O3. The molecular weight excluding hydrogens is 466 g/mol. The van der Waals surface area contributed by atoms with Gasteiger partial charge in [0.05, 0.1) is 13.1 Å². The maximum absolute atomic E-state index is 13.8. The van der Waals surface area contributed by atoms with E-state index in [1.807, 2.05) is 35.4 Å². The molecule has 3 amide bonds. The predicted molar refractivity (Wildman–Crippen MR) is 143 cm³/mol. The van der Waals surface area contributed by atoms with Crippen LogP contribution in [0.1, 0.15) is 36.0 Å². The van der Waals surface area contributed by atoms with E-state index in [1.165, 1.54) is 11.1 Å². The molecule has 0 unspecified atom stereocenters. The van der Waals surface area contributed by atoms with Crippen LogP contribution in [-0.4, -0.2) is 66.9 Å². The zero-order valence-electron chi connectivity index (χ0n) is 21.3. The molecule has 3 aromatic rings. The molecule has 1 saturated heterocycles. The van der Waals surface area contributed by atoms with Crippen molar-refractivity contribution < 1.29 is 14.4 Å². The molecule has 0 bridgehead atoms. The second kappa shape index (κ2) is 10.8. The molecule has 5 rings (SSSR count). The van der Waals surface area contributed by atoms with Gasteiger partial charge in [0.2, 0.25) is 17.7 Å². The van der Waals surface area contributed by atoms with Gasteiger partial charge < -0.3 is 25.8 Å². The number of fused-ring (bicyclic) bond motifs is 3. The third-order valence-corrected chi connectivity index (χ3v) is 8.01. The molecule has 8 heteroatoms. The maximum Gasteiger partial charge on any atom is 0.245 e. The molecule has 37 heavy (non-hydrogen) atoms. The summed E-state index contributed by atoms with van der Waals surface area (Å²) in [5.74, 6) is -0.711. The van der Waals surface area contributed by atoms with Gasteiger partial charge in [0.15, 0.2) is 0 Å². The monoisotopic (exact) mass is 501 g/mol. The number of likely N-dealkylation sites (tertiary alicyclic amines) is 1. The first-order chi connectivity index (χ1) is 18.0. The molecule has 1 atom stereocenters. The number of nitrogens with one attached hydrogen (secondary N) is 4. The zero-order chi connectivity index (χ0) is 25.8. The summed E-state index contributed by atoms with van der Waals surface area (Å²) in [7, 11) is 1.67. The van der Waals surface area contributed by atoms with Gasteiger partial charge in [0.1, 0.15) is 6.04 Å². The van der Waals surface area contributed by atoms with Crippen LogP contribution in [0.4, 0.5) is 0 Å². The van der Waals surface area contributed by atoms with Gasteiger partial charge in [0, 0.05) is 36.6 Å². The summed E-state index contributed by atoms with van der Waals surface area (Å²) in [5, 5.41) is 9.30. The summed E-state index contributed by atoms with van der Waals surface area (Å²) in [4.78, 5) is 43.5. The van der Waals surface area contributed by atoms with Crippen molar-refractivity contribution in [1.29, 1.82) is 0 Å². The zero-order valence-corrected chi connectivity index (χ0v) is 21.3. The topological polar surface area (TPSA) is 106 Å². The van der Waals surface area contributed by atoms with Crippen LogP contribution >= 0.6 is 0 Å². The Balaban J connectivity index is 1.30. The fourth-order valence-corrected chi connectivity index (χ4v) is 6.03. The van der Waals surface area contributed by atoms with E-state index in [0.29, 0.717) is 19.5 Å². The largest absolute Gasteiger partial charge is 0.361 e. The molecule has 1 aliphatic heterocycles. The summed E-state index contributed by atoms with van der Waals surface area (Å²) < 4.78 is 0. The first-order valence-electron chi connectivity index (χ1n) is 13.1. The van der Waals surface area contributed by atoms with Crippen LogP contribution < -0.4 is 16.0 Å². The van der Waals surface area contributed by atoms with Gasteiger partial charge in [-0.3, -0.25) is 14.4 Å². The van der Waals surface area contributed by atoms with Crippen LogP contribution in [0, 0.1) is 0 Å². The number of amides is 3. The number of likely N-dealkylation sites (N-methyl/N-ethyl adjacent to an activating group) is 1. The third-order valence-electron chi connectivity index (χ3n) is 8.01. The molecule has 0 saturated carbocycles. The number of nitrogens with zero attached hydrogens (tertiary/aromatic N) is 1. The Kier molecular flexibility index (Phi) is 7.28. The Labute approximate surface area is 217 Å². The van der Waals surface area contributed by atoms with Gasteiger partial charge in [0.25, 0.3) is 0 Å². The summed E-state index contributed by atoms with van der Waals surface area (Å²) in [5.41, 5.74) is 5.01. The van der Waals surface area contributed by atoms with Crippen molar-refractivity contribution >= 4 is 28.6 Å². The second-order valence-electron chi connectivity index (χ2n) is 10.3. The highest BCUT2D eigenvalue weighted by molar-refractivity contribution is 5.91. The van der Waals surface area contributed by atoms with Gasteiger partial charge in [-0.15, -0.1) is 0 Å². The molecule has 4 N–H and O–H groups in total. The first-order valence-corrected chi connectivity index (χ1v) is 13.1. The average Bonchev–Trinajstić information content (AvgIpc) is 3.49. The summed E-state index contributed by atoms with van der Waals surface area (Å²) in [6.07, 6.45) is 6.39. The van der Waals surface area contributed by atoms with Crippen molar-refractivity contribution in [1.82, 2.24) is 25.8 Å². The fourth-order valence-electron chi connectivity index (χ4n) is 6.03. The number of hydrogen-bond acceptors (Lipinski definition) is 4. The highest BCUT2D eigenvalue weighted by Gasteiger charge is 2.42. The number of carbonyl (C=O) groups is 3. The number of rotatable bonds is 8. The van der Waals surface area contributed by atoms with Crippen molar-refractivity contribution in [3.8, 4) is 0 Å². The van der Waals surface area contributed by atoms with E-state index in [0.717, 1.165) is 42.1 Å². The lowest BCUT2D eigenvalue weighted by atomic mass is 9.74. The molecule has 2 aromatic carbocycles. The van der Waals surface area contributed by atoms with E-state index < -0.39 is 6.04 Å². The Morgan fingerprint density at radius 3 is 2.54 bits per heavy atom. The number of para-hydroxylation sites is 1. The number of aromatic amines is 1. The number of hydrogen-bond donors (Lipinski definition) is 4. The van der Waals surface area contributed by atoms with Crippen molar-refractivity contribution in [3.05, 3.63) is 71.4 Å². The fraction of sp³-hybridized carbons (Fsp3) is 0.414. The lowest BCUT2D eigenvalue weighted by molar-refractivity contribution is -0.137. The Morgan fingerprint density at radius 1 is 0.973 bits per heavy atom. The van der Waals surface area contributed by atoms with Crippen molar-refractivity contribution in [2.45, 2.75) is 43.6 Å². The van der Waals surface area contributed by atoms with Crippen LogP contribution in [0.3, 0.4) is 0 Å². The number of carbonyl (C=O) groups excluding carboxylic acids is 3. The lowest BCUT2D eigenvalue weighted by Crippen LogP contribution is -2.54. The van der Waals surface area contributed by atoms with Crippen molar-refractivity contribution in [3.63, 3.8) is 0 Å². The van der Waals surface area contributed by atoms with E-state index in [4.69, 9.17) is 0 Å². The summed E-state index contributed by atoms with van der Waals surface area (Å²) >= 11 is 0. The van der Waals surface area contributed by atoms with Gasteiger partial charge in [-0.1, -0.05) is 42.5 Å². The van der Waals surface area contributed by atoms with Crippen LogP contribution in [0.15, 0.2) is 54.7 Å². The molecule has 2 aliphatic rings. The van der Waals surface area contributed by atoms with E-state index in [9.17, 15) is 14.4 Å². The second-order valence-corrected chi connectivity index (χ2v) is 10.3. The third kappa shape index (κ3) is 5.25. The summed E-state index contributed by atoms with van der Waals surface area (Å²) in [6, 6.07) is 15.9. The van der Waals surface area contributed by atoms with Crippen LogP contribution in [-0.2, 0) is 32.6 Å².